The van der Waals surface area contributed by atoms with Crippen LogP contribution in [0.4, 0.5) is 0 Å². The zero-order valence-electron chi connectivity index (χ0n) is 12.8. The van der Waals surface area contributed by atoms with Crippen LogP contribution in [0, 0.1) is 6.92 Å². The Hall–Kier alpha value is -2.86. The van der Waals surface area contributed by atoms with Crippen LogP contribution in [0.2, 0.25) is 0 Å². The molecule has 0 fully saturated rings. The molecule has 1 aromatic carbocycles. The Morgan fingerprint density at radius 1 is 1.12 bits per heavy atom. The molecule has 0 saturated heterocycles. The molecule has 0 bridgehead atoms. The van der Waals surface area contributed by atoms with Crippen LogP contribution in [0.5, 0.6) is 0 Å². The van der Waals surface area contributed by atoms with Crippen LogP contribution in [-0.4, -0.2) is 5.91 Å². The molecule has 0 unspecified atom stereocenters. The van der Waals surface area contributed by atoms with E-state index in [0.717, 1.165) is 15.8 Å². The summed E-state index contributed by atoms with van der Waals surface area (Å²) in [7, 11) is 0. The number of fused-ring (bicyclic) bond motifs is 3. The average Bonchev–Trinajstić information content (AvgIpc) is 3.20. The third-order valence-electron chi connectivity index (χ3n) is 3.73. The van der Waals surface area contributed by atoms with Crippen molar-refractivity contribution < 1.29 is 13.6 Å². The summed E-state index contributed by atoms with van der Waals surface area (Å²) in [5.41, 5.74) is 0.0931. The van der Waals surface area contributed by atoms with Gasteiger partial charge < -0.3 is 14.2 Å². The van der Waals surface area contributed by atoms with E-state index in [1.165, 1.54) is 11.3 Å². The Morgan fingerprint density at radius 3 is 2.75 bits per heavy atom. The molecule has 5 nitrogen and oxygen atoms in total. The number of para-hydroxylation sites is 1. The number of hydrogen-bond donors (Lipinski definition) is 1. The summed E-state index contributed by atoms with van der Waals surface area (Å²) in [5.74, 6) is 1.24. The SMILES string of the molecule is Cc1ccc(CNC(=O)c2cc3c(=O)oc4ccccc4c3s2)o1. The lowest BCUT2D eigenvalue weighted by Crippen LogP contribution is -2.21. The minimum Gasteiger partial charge on any atom is -0.465 e. The predicted molar refractivity (Wildman–Crippen MR) is 92.5 cm³/mol. The predicted octanol–water partition coefficient (Wildman–Crippen LogP) is 3.84. The zero-order valence-corrected chi connectivity index (χ0v) is 13.6. The molecule has 0 saturated carbocycles. The fourth-order valence-electron chi connectivity index (χ4n) is 2.59. The van der Waals surface area contributed by atoms with Gasteiger partial charge in [-0.15, -0.1) is 11.3 Å². The lowest BCUT2D eigenvalue weighted by molar-refractivity contribution is 0.0952. The van der Waals surface area contributed by atoms with Crippen molar-refractivity contribution in [1.29, 1.82) is 0 Å². The van der Waals surface area contributed by atoms with Gasteiger partial charge in [0.05, 0.1) is 21.5 Å². The normalized spacial score (nSPS) is 11.2. The lowest BCUT2D eigenvalue weighted by Gasteiger charge is -2.00. The van der Waals surface area contributed by atoms with E-state index < -0.39 is 5.63 Å². The smallest absolute Gasteiger partial charge is 0.345 e. The maximum absolute atomic E-state index is 12.4. The fraction of sp³-hybridized carbons (Fsp3) is 0.111. The maximum Gasteiger partial charge on any atom is 0.345 e. The van der Waals surface area contributed by atoms with Gasteiger partial charge in [0.1, 0.15) is 17.1 Å². The third kappa shape index (κ3) is 2.51. The van der Waals surface area contributed by atoms with Gasteiger partial charge in [0.15, 0.2) is 0 Å². The second-order valence-electron chi connectivity index (χ2n) is 5.43. The summed E-state index contributed by atoms with van der Waals surface area (Å²) in [5, 5.41) is 4.06. The second kappa shape index (κ2) is 5.65. The van der Waals surface area contributed by atoms with Gasteiger partial charge in [0.25, 0.3) is 5.91 Å². The zero-order chi connectivity index (χ0) is 16.7. The van der Waals surface area contributed by atoms with Crippen LogP contribution in [0.3, 0.4) is 0 Å². The minimum atomic E-state index is -0.430. The average molecular weight is 339 g/mol. The van der Waals surface area contributed by atoms with Crippen molar-refractivity contribution in [2.45, 2.75) is 13.5 Å². The summed E-state index contributed by atoms with van der Waals surface area (Å²) < 4.78 is 11.5. The Morgan fingerprint density at radius 2 is 1.96 bits per heavy atom. The Bertz CT molecular complexity index is 1120. The first-order valence-electron chi connectivity index (χ1n) is 7.41. The Kier molecular flexibility index (Phi) is 3.46. The highest BCUT2D eigenvalue weighted by atomic mass is 32.1. The molecule has 1 N–H and O–H groups in total. The molecule has 4 aromatic rings. The van der Waals surface area contributed by atoms with Crippen LogP contribution in [0.1, 0.15) is 21.2 Å². The molecule has 1 amide bonds. The van der Waals surface area contributed by atoms with Gasteiger partial charge in [-0.25, -0.2) is 4.79 Å². The number of hydrogen-bond acceptors (Lipinski definition) is 5. The molecule has 0 radical (unpaired) electrons. The number of rotatable bonds is 3. The highest BCUT2D eigenvalue weighted by Gasteiger charge is 2.16. The molecular formula is C18H13NO4S. The molecule has 4 rings (SSSR count). The summed E-state index contributed by atoms with van der Waals surface area (Å²) in [6, 6.07) is 12.6. The molecule has 0 aliphatic carbocycles. The van der Waals surface area contributed by atoms with Gasteiger partial charge >= 0.3 is 5.63 Å². The summed E-state index contributed by atoms with van der Waals surface area (Å²) >= 11 is 1.29. The van der Waals surface area contributed by atoms with E-state index in [2.05, 4.69) is 5.32 Å². The first kappa shape index (κ1) is 14.7. The topological polar surface area (TPSA) is 72.5 Å². The largest absolute Gasteiger partial charge is 0.465 e. The molecular weight excluding hydrogens is 326 g/mol. The number of benzene rings is 1. The van der Waals surface area contributed by atoms with E-state index in [9.17, 15) is 9.59 Å². The molecule has 3 aromatic heterocycles. The van der Waals surface area contributed by atoms with Gasteiger partial charge in [-0.1, -0.05) is 12.1 Å². The van der Waals surface area contributed by atoms with Gasteiger partial charge in [-0.05, 0) is 37.3 Å². The monoisotopic (exact) mass is 339 g/mol. The Labute approximate surface area is 140 Å². The van der Waals surface area contributed by atoms with Crippen molar-refractivity contribution >= 4 is 38.3 Å². The first-order chi connectivity index (χ1) is 11.6. The van der Waals surface area contributed by atoms with Crippen LogP contribution in [0.25, 0.3) is 21.1 Å². The lowest BCUT2D eigenvalue weighted by atomic mass is 10.2. The Balaban J connectivity index is 1.69. The van der Waals surface area contributed by atoms with Crippen molar-refractivity contribution in [3.63, 3.8) is 0 Å². The number of amides is 1. The highest BCUT2D eigenvalue weighted by Crippen LogP contribution is 2.30. The van der Waals surface area contributed by atoms with Crippen molar-refractivity contribution in [2.24, 2.45) is 0 Å². The summed E-state index contributed by atoms with van der Waals surface area (Å²) in [4.78, 5) is 24.9. The minimum absolute atomic E-state index is 0.242. The molecule has 0 aliphatic heterocycles. The van der Waals surface area contributed by atoms with Crippen molar-refractivity contribution in [3.05, 3.63) is 69.3 Å². The van der Waals surface area contributed by atoms with E-state index in [-0.39, 0.29) is 5.91 Å². The third-order valence-corrected chi connectivity index (χ3v) is 4.90. The molecule has 120 valence electrons. The second-order valence-corrected chi connectivity index (χ2v) is 6.49. The van der Waals surface area contributed by atoms with E-state index in [0.29, 0.717) is 28.2 Å². The van der Waals surface area contributed by atoms with Crippen LogP contribution < -0.4 is 10.9 Å². The quantitative estimate of drug-likeness (QED) is 0.576. The molecule has 0 aliphatic rings. The van der Waals surface area contributed by atoms with E-state index in [1.807, 2.05) is 37.3 Å². The number of aryl methyl sites for hydroxylation is 1. The number of carbonyl (C=O) groups excluding carboxylic acids is 1. The molecule has 3 heterocycles. The van der Waals surface area contributed by atoms with E-state index in [4.69, 9.17) is 8.83 Å². The van der Waals surface area contributed by atoms with E-state index >= 15 is 0 Å². The van der Waals surface area contributed by atoms with E-state index in [1.54, 1.807) is 12.1 Å². The molecule has 0 atom stereocenters. The number of furan rings is 1. The maximum atomic E-state index is 12.4. The molecule has 24 heavy (non-hydrogen) atoms. The van der Waals surface area contributed by atoms with Gasteiger partial charge in [-0.2, -0.15) is 0 Å². The molecule has 6 heteroatoms. The molecule has 0 spiro atoms. The highest BCUT2D eigenvalue weighted by molar-refractivity contribution is 7.21. The fourth-order valence-corrected chi connectivity index (χ4v) is 3.68. The number of nitrogens with one attached hydrogen (secondary N) is 1. The number of carbonyl (C=O) groups is 1. The van der Waals surface area contributed by atoms with Gasteiger partial charge in [0, 0.05) is 5.39 Å². The first-order valence-corrected chi connectivity index (χ1v) is 8.22. The van der Waals surface area contributed by atoms with Crippen molar-refractivity contribution in [1.82, 2.24) is 5.32 Å². The van der Waals surface area contributed by atoms with Gasteiger partial charge in [-0.3, -0.25) is 4.79 Å². The standard InChI is InChI=1S/C18H13NO4S/c1-10-6-7-11(22-10)9-19-17(20)15-8-13-16(24-15)12-4-2-3-5-14(12)23-18(13)21/h2-8H,9H2,1H3,(H,19,20). The summed E-state index contributed by atoms with van der Waals surface area (Å²) in [6.07, 6.45) is 0. The number of thiophene rings is 1. The summed E-state index contributed by atoms with van der Waals surface area (Å²) in [6.45, 7) is 2.15. The van der Waals surface area contributed by atoms with Crippen LogP contribution >= 0.6 is 11.3 Å². The van der Waals surface area contributed by atoms with Crippen molar-refractivity contribution in [3.8, 4) is 0 Å². The van der Waals surface area contributed by atoms with Crippen LogP contribution in [0.15, 0.2) is 56.1 Å². The van der Waals surface area contributed by atoms with Crippen molar-refractivity contribution in [2.75, 3.05) is 0 Å². The van der Waals surface area contributed by atoms with Crippen LogP contribution in [-0.2, 0) is 6.54 Å². The van der Waals surface area contributed by atoms with Gasteiger partial charge in [0.2, 0.25) is 0 Å².